The number of carbonyl (C=O) groups is 2. The quantitative estimate of drug-likeness (QED) is 0.406. The summed E-state index contributed by atoms with van der Waals surface area (Å²) >= 11 is 0. The van der Waals surface area contributed by atoms with Crippen molar-refractivity contribution in [2.24, 2.45) is 0 Å². The molecule has 0 aliphatic carbocycles. The molecule has 0 bridgehead atoms. The Bertz CT molecular complexity index is 1310. The fourth-order valence-electron chi connectivity index (χ4n) is 4.20. The van der Waals surface area contributed by atoms with E-state index in [9.17, 15) is 14.0 Å². The second-order valence-electron chi connectivity index (χ2n) is 8.10. The average molecular weight is 446 g/mol. The summed E-state index contributed by atoms with van der Waals surface area (Å²) < 4.78 is 15.3. The van der Waals surface area contributed by atoms with E-state index in [4.69, 9.17) is 0 Å². The average Bonchev–Trinajstić information content (AvgIpc) is 3.54. The van der Waals surface area contributed by atoms with Gasteiger partial charge in [-0.05, 0) is 42.3 Å². The number of benzene rings is 2. The highest BCUT2D eigenvalue weighted by atomic mass is 19.1. The number of amides is 2. The number of fused-ring (bicyclic) bond motifs is 2. The molecule has 8 nitrogen and oxygen atoms in total. The van der Waals surface area contributed by atoms with Crippen molar-refractivity contribution in [3.8, 4) is 0 Å². The van der Waals surface area contributed by atoms with Gasteiger partial charge in [0, 0.05) is 42.0 Å². The summed E-state index contributed by atoms with van der Waals surface area (Å²) in [6.45, 7) is 1.07. The van der Waals surface area contributed by atoms with Crippen LogP contribution >= 0.6 is 0 Å². The molecule has 0 saturated carbocycles. The molecule has 3 heterocycles. The van der Waals surface area contributed by atoms with Crippen molar-refractivity contribution in [1.82, 2.24) is 30.4 Å². The number of halogens is 1. The van der Waals surface area contributed by atoms with Crippen molar-refractivity contribution in [3.05, 3.63) is 83.3 Å². The molecular formula is C24H23FN6O2. The Morgan fingerprint density at radius 2 is 1.94 bits per heavy atom. The van der Waals surface area contributed by atoms with Crippen LogP contribution in [0.4, 0.5) is 4.39 Å². The Kier molecular flexibility index (Phi) is 5.60. The number of H-pyrrole nitrogens is 1. The van der Waals surface area contributed by atoms with Crippen LogP contribution in [0.1, 0.15) is 34.0 Å². The van der Waals surface area contributed by atoms with E-state index in [0.29, 0.717) is 12.2 Å². The van der Waals surface area contributed by atoms with Crippen molar-refractivity contribution in [3.63, 3.8) is 0 Å². The molecule has 2 aromatic heterocycles. The number of nitrogens with one attached hydrogen (secondary N) is 3. The summed E-state index contributed by atoms with van der Waals surface area (Å²) in [5, 5.41) is 15.0. The number of carbonyl (C=O) groups excluding carboxylic acids is 2. The SMILES string of the molecule is O=C(N[C@H](Cc1c[nH]c2ccccc12)C(=O)NCc1nnc2n1CCC2)c1ccc(F)cc1. The summed E-state index contributed by atoms with van der Waals surface area (Å²) in [6.07, 6.45) is 4.04. The molecular weight excluding hydrogens is 423 g/mol. The molecule has 33 heavy (non-hydrogen) atoms. The highest BCUT2D eigenvalue weighted by Gasteiger charge is 2.24. The maximum absolute atomic E-state index is 13.3. The zero-order valence-electron chi connectivity index (χ0n) is 17.8. The van der Waals surface area contributed by atoms with Crippen molar-refractivity contribution in [2.75, 3.05) is 0 Å². The van der Waals surface area contributed by atoms with Crippen LogP contribution in [0.5, 0.6) is 0 Å². The fourth-order valence-corrected chi connectivity index (χ4v) is 4.20. The van der Waals surface area contributed by atoms with Crippen molar-refractivity contribution < 1.29 is 14.0 Å². The molecule has 1 atom stereocenters. The first kappa shape index (κ1) is 20.9. The second kappa shape index (κ2) is 8.85. The first-order valence-electron chi connectivity index (χ1n) is 10.9. The van der Waals surface area contributed by atoms with E-state index in [-0.39, 0.29) is 18.0 Å². The van der Waals surface area contributed by atoms with E-state index < -0.39 is 17.8 Å². The molecule has 2 amide bonds. The third-order valence-corrected chi connectivity index (χ3v) is 5.93. The van der Waals surface area contributed by atoms with Crippen molar-refractivity contribution in [1.29, 1.82) is 0 Å². The van der Waals surface area contributed by atoms with Crippen LogP contribution in [0.15, 0.2) is 54.7 Å². The Morgan fingerprint density at radius 3 is 2.79 bits per heavy atom. The Morgan fingerprint density at radius 1 is 1.12 bits per heavy atom. The van der Waals surface area contributed by atoms with Gasteiger partial charge in [0.15, 0.2) is 5.82 Å². The molecule has 0 radical (unpaired) electrons. The van der Waals surface area contributed by atoms with Crippen molar-refractivity contribution >= 4 is 22.7 Å². The Hall–Kier alpha value is -4.01. The summed E-state index contributed by atoms with van der Waals surface area (Å²) in [5.41, 5.74) is 2.15. The van der Waals surface area contributed by atoms with Gasteiger partial charge in [0.25, 0.3) is 5.91 Å². The number of aromatic nitrogens is 4. The Balaban J connectivity index is 1.35. The minimum Gasteiger partial charge on any atom is -0.361 e. The van der Waals surface area contributed by atoms with Gasteiger partial charge in [-0.2, -0.15) is 0 Å². The normalized spacial score (nSPS) is 13.6. The zero-order valence-corrected chi connectivity index (χ0v) is 17.8. The van der Waals surface area contributed by atoms with Gasteiger partial charge in [0.1, 0.15) is 17.7 Å². The largest absolute Gasteiger partial charge is 0.361 e. The molecule has 0 saturated heterocycles. The molecule has 5 rings (SSSR count). The summed E-state index contributed by atoms with van der Waals surface area (Å²) in [5.74, 6) is 0.427. The molecule has 1 aliphatic heterocycles. The monoisotopic (exact) mass is 446 g/mol. The third kappa shape index (κ3) is 4.34. The standard InChI is InChI=1S/C24H23FN6O2/c25-17-9-7-15(8-10-17)23(32)28-20(12-16-13-26-19-5-2-1-4-18(16)19)24(33)27-14-22-30-29-21-6-3-11-31(21)22/h1-2,4-5,7-10,13,20,26H,3,6,11-12,14H2,(H,27,33)(H,28,32)/t20-/m1/s1. The molecule has 0 spiro atoms. The lowest BCUT2D eigenvalue weighted by molar-refractivity contribution is -0.123. The summed E-state index contributed by atoms with van der Waals surface area (Å²) in [6, 6.07) is 12.2. The fraction of sp³-hybridized carbons (Fsp3) is 0.250. The summed E-state index contributed by atoms with van der Waals surface area (Å²) in [7, 11) is 0. The lowest BCUT2D eigenvalue weighted by Gasteiger charge is -2.18. The van der Waals surface area contributed by atoms with Gasteiger partial charge in [-0.25, -0.2) is 4.39 Å². The van der Waals surface area contributed by atoms with Gasteiger partial charge in [-0.3, -0.25) is 9.59 Å². The van der Waals surface area contributed by atoms with Crippen LogP contribution in [-0.4, -0.2) is 37.6 Å². The van der Waals surface area contributed by atoms with Crippen molar-refractivity contribution in [2.45, 2.75) is 38.4 Å². The third-order valence-electron chi connectivity index (χ3n) is 5.93. The van der Waals surface area contributed by atoms with Crippen LogP contribution in [0.2, 0.25) is 0 Å². The van der Waals surface area contributed by atoms with Gasteiger partial charge in [-0.15, -0.1) is 10.2 Å². The minimum absolute atomic E-state index is 0.225. The van der Waals surface area contributed by atoms with E-state index in [0.717, 1.165) is 41.7 Å². The number of aryl methyl sites for hydroxylation is 1. The minimum atomic E-state index is -0.831. The lowest BCUT2D eigenvalue weighted by atomic mass is 10.0. The molecule has 9 heteroatoms. The van der Waals surface area contributed by atoms with Crippen LogP contribution in [-0.2, 0) is 30.7 Å². The number of hydrogen-bond acceptors (Lipinski definition) is 4. The Labute approximate surface area is 189 Å². The number of para-hydroxylation sites is 1. The molecule has 0 fully saturated rings. The zero-order chi connectivity index (χ0) is 22.8. The number of hydrogen-bond donors (Lipinski definition) is 3. The smallest absolute Gasteiger partial charge is 0.251 e. The van der Waals surface area contributed by atoms with Gasteiger partial charge in [-0.1, -0.05) is 18.2 Å². The van der Waals surface area contributed by atoms with E-state index in [2.05, 4.69) is 25.8 Å². The molecule has 2 aromatic carbocycles. The predicted octanol–water partition coefficient (Wildman–Crippen LogP) is 2.50. The van der Waals surface area contributed by atoms with Gasteiger partial charge >= 0.3 is 0 Å². The molecule has 0 unspecified atom stereocenters. The molecule has 168 valence electrons. The van der Waals surface area contributed by atoms with E-state index in [1.807, 2.05) is 35.0 Å². The second-order valence-corrected chi connectivity index (χ2v) is 8.10. The van der Waals surface area contributed by atoms with Crippen LogP contribution < -0.4 is 10.6 Å². The number of rotatable bonds is 7. The first-order chi connectivity index (χ1) is 16.1. The predicted molar refractivity (Wildman–Crippen MR) is 120 cm³/mol. The molecule has 3 N–H and O–H groups in total. The maximum atomic E-state index is 13.3. The van der Waals surface area contributed by atoms with Crippen LogP contribution in [0.25, 0.3) is 10.9 Å². The van der Waals surface area contributed by atoms with Gasteiger partial charge < -0.3 is 20.2 Å². The topological polar surface area (TPSA) is 105 Å². The molecule has 4 aromatic rings. The number of aromatic amines is 1. The first-order valence-corrected chi connectivity index (χ1v) is 10.9. The van der Waals surface area contributed by atoms with E-state index in [1.165, 1.54) is 24.3 Å². The van der Waals surface area contributed by atoms with Crippen LogP contribution in [0, 0.1) is 5.82 Å². The maximum Gasteiger partial charge on any atom is 0.251 e. The number of nitrogens with zero attached hydrogens (tertiary/aromatic N) is 3. The van der Waals surface area contributed by atoms with E-state index >= 15 is 0 Å². The van der Waals surface area contributed by atoms with E-state index in [1.54, 1.807) is 0 Å². The summed E-state index contributed by atoms with van der Waals surface area (Å²) in [4.78, 5) is 29.2. The van der Waals surface area contributed by atoms with Gasteiger partial charge in [0.05, 0.1) is 6.54 Å². The highest BCUT2D eigenvalue weighted by molar-refractivity contribution is 5.97. The van der Waals surface area contributed by atoms with Crippen LogP contribution in [0.3, 0.4) is 0 Å². The lowest BCUT2D eigenvalue weighted by Crippen LogP contribution is -2.48. The molecule has 1 aliphatic rings. The highest BCUT2D eigenvalue weighted by Crippen LogP contribution is 2.20. The van der Waals surface area contributed by atoms with Gasteiger partial charge in [0.2, 0.25) is 5.91 Å².